The number of aromatic nitrogens is 1. The Morgan fingerprint density at radius 2 is 1.89 bits per heavy atom. The number of hydrogen-bond donors (Lipinski definition) is 2. The van der Waals surface area contributed by atoms with Crippen LogP contribution in [0.3, 0.4) is 0 Å². The number of aliphatic hydroxyl groups is 1. The van der Waals surface area contributed by atoms with Gasteiger partial charge >= 0.3 is 0 Å². The van der Waals surface area contributed by atoms with Gasteiger partial charge < -0.3 is 5.11 Å². The summed E-state index contributed by atoms with van der Waals surface area (Å²) in [5.41, 5.74) is -2.24. The smallest absolute Gasteiger partial charge is 0.241 e. The van der Waals surface area contributed by atoms with E-state index in [-0.39, 0.29) is 10.0 Å². The third-order valence-electron chi connectivity index (χ3n) is 2.93. The van der Waals surface area contributed by atoms with E-state index in [1.165, 1.54) is 32.2 Å². The van der Waals surface area contributed by atoms with Gasteiger partial charge in [-0.05, 0) is 39.8 Å². The topological polar surface area (TPSA) is 79.3 Å². The van der Waals surface area contributed by atoms with Crippen LogP contribution in [0.2, 0.25) is 5.15 Å². The van der Waals surface area contributed by atoms with Crippen LogP contribution in [0.1, 0.15) is 27.7 Å². The summed E-state index contributed by atoms with van der Waals surface area (Å²) in [7, 11) is -3.76. The molecule has 0 bridgehead atoms. The van der Waals surface area contributed by atoms with E-state index in [1.807, 2.05) is 0 Å². The van der Waals surface area contributed by atoms with Crippen molar-refractivity contribution in [1.29, 1.82) is 0 Å². The number of halogens is 1. The van der Waals surface area contributed by atoms with Crippen LogP contribution in [0, 0.1) is 0 Å². The summed E-state index contributed by atoms with van der Waals surface area (Å²) >= 11 is 5.66. The molecule has 5 nitrogen and oxygen atoms in total. The van der Waals surface area contributed by atoms with Crippen LogP contribution < -0.4 is 4.72 Å². The molecule has 0 aliphatic rings. The largest absolute Gasteiger partial charge is 0.389 e. The van der Waals surface area contributed by atoms with Gasteiger partial charge in [0, 0.05) is 6.20 Å². The Balaban J connectivity index is 3.11. The number of sulfonamides is 1. The average Bonchev–Trinajstić information content (AvgIpc) is 2.14. The third-order valence-corrected chi connectivity index (χ3v) is 4.79. The Labute approximate surface area is 112 Å². The van der Waals surface area contributed by atoms with Crippen molar-refractivity contribution in [3.8, 4) is 0 Å². The lowest BCUT2D eigenvalue weighted by atomic mass is 9.87. The molecule has 0 fully saturated rings. The van der Waals surface area contributed by atoms with Gasteiger partial charge in [0.05, 0.1) is 16.0 Å². The van der Waals surface area contributed by atoms with Gasteiger partial charge in [-0.1, -0.05) is 11.6 Å². The quantitative estimate of drug-likeness (QED) is 0.826. The molecule has 0 saturated heterocycles. The lowest BCUT2D eigenvalue weighted by Gasteiger charge is -2.37. The van der Waals surface area contributed by atoms with E-state index in [4.69, 9.17) is 11.6 Å². The van der Waals surface area contributed by atoms with Gasteiger partial charge in [0.1, 0.15) is 5.15 Å². The van der Waals surface area contributed by atoms with Gasteiger partial charge in [-0.15, -0.1) is 0 Å². The van der Waals surface area contributed by atoms with Crippen LogP contribution in [0.25, 0.3) is 0 Å². The standard InChI is InChI=1S/C11H17ClN2O3S/c1-10(2,11(3,4)15)14-18(16,17)8-5-6-13-9(12)7-8/h5-7,14-15H,1-4H3. The minimum atomic E-state index is -3.76. The van der Waals surface area contributed by atoms with Crippen molar-refractivity contribution in [3.63, 3.8) is 0 Å². The lowest BCUT2D eigenvalue weighted by molar-refractivity contribution is 0.00639. The summed E-state index contributed by atoms with van der Waals surface area (Å²) in [6, 6.07) is 2.60. The van der Waals surface area contributed by atoms with Gasteiger partial charge in [-0.3, -0.25) is 0 Å². The predicted octanol–water partition coefficient (Wildman–Crippen LogP) is 1.56. The van der Waals surface area contributed by atoms with Crippen molar-refractivity contribution in [2.45, 2.75) is 43.7 Å². The molecule has 0 aromatic carbocycles. The molecule has 1 rings (SSSR count). The molecule has 18 heavy (non-hydrogen) atoms. The summed E-state index contributed by atoms with van der Waals surface area (Å²) in [5.74, 6) is 0. The van der Waals surface area contributed by atoms with Crippen LogP contribution in [0.15, 0.2) is 23.2 Å². The van der Waals surface area contributed by atoms with Gasteiger partial charge in [-0.25, -0.2) is 18.1 Å². The highest BCUT2D eigenvalue weighted by Crippen LogP contribution is 2.24. The molecule has 0 aliphatic carbocycles. The highest BCUT2D eigenvalue weighted by molar-refractivity contribution is 7.89. The molecule has 7 heteroatoms. The molecule has 1 heterocycles. The molecule has 102 valence electrons. The number of pyridine rings is 1. The van der Waals surface area contributed by atoms with E-state index in [2.05, 4.69) is 9.71 Å². The Morgan fingerprint density at radius 3 is 2.33 bits per heavy atom. The first kappa shape index (κ1) is 15.4. The first-order valence-electron chi connectivity index (χ1n) is 5.34. The van der Waals surface area contributed by atoms with Crippen molar-refractivity contribution in [3.05, 3.63) is 23.5 Å². The zero-order valence-corrected chi connectivity index (χ0v) is 12.3. The highest BCUT2D eigenvalue weighted by atomic mass is 35.5. The van der Waals surface area contributed by atoms with Crippen LogP contribution in [0.4, 0.5) is 0 Å². The molecule has 0 amide bonds. The van der Waals surface area contributed by atoms with Crippen molar-refractivity contribution in [2.24, 2.45) is 0 Å². The maximum atomic E-state index is 12.1. The minimum absolute atomic E-state index is 0.0137. The molecule has 0 spiro atoms. The monoisotopic (exact) mass is 292 g/mol. The summed E-state index contributed by atoms with van der Waals surface area (Å²) in [6.07, 6.45) is 1.31. The van der Waals surface area contributed by atoms with Crippen molar-refractivity contribution in [2.75, 3.05) is 0 Å². The second-order valence-corrected chi connectivity index (χ2v) is 7.17. The van der Waals surface area contributed by atoms with Gasteiger partial charge in [-0.2, -0.15) is 0 Å². The molecule has 0 unspecified atom stereocenters. The fraction of sp³-hybridized carbons (Fsp3) is 0.545. The maximum Gasteiger partial charge on any atom is 0.241 e. The highest BCUT2D eigenvalue weighted by Gasteiger charge is 2.38. The predicted molar refractivity (Wildman–Crippen MR) is 69.9 cm³/mol. The van der Waals surface area contributed by atoms with E-state index in [1.54, 1.807) is 13.8 Å². The molecule has 0 aliphatic heterocycles. The van der Waals surface area contributed by atoms with E-state index >= 15 is 0 Å². The Bertz CT molecular complexity index is 535. The second kappa shape index (κ2) is 4.77. The fourth-order valence-electron chi connectivity index (χ4n) is 1.07. The fourth-order valence-corrected chi connectivity index (χ4v) is 2.86. The van der Waals surface area contributed by atoms with E-state index in [0.717, 1.165) is 0 Å². The lowest BCUT2D eigenvalue weighted by Crippen LogP contribution is -2.57. The molecule has 2 N–H and O–H groups in total. The first-order valence-corrected chi connectivity index (χ1v) is 7.20. The number of nitrogens with one attached hydrogen (secondary N) is 1. The zero-order valence-electron chi connectivity index (χ0n) is 10.7. The Kier molecular flexibility index (Phi) is 4.07. The van der Waals surface area contributed by atoms with Crippen molar-refractivity contribution in [1.82, 2.24) is 9.71 Å². The molecule has 0 saturated carbocycles. The summed E-state index contributed by atoms with van der Waals surface area (Å²) < 4.78 is 26.7. The molecule has 1 aromatic heterocycles. The van der Waals surface area contributed by atoms with Crippen LogP contribution in [-0.2, 0) is 10.0 Å². The first-order chi connectivity index (χ1) is 7.96. The van der Waals surface area contributed by atoms with Crippen LogP contribution in [-0.4, -0.2) is 29.6 Å². The number of rotatable bonds is 4. The second-order valence-electron chi connectivity index (χ2n) is 5.10. The zero-order chi connectivity index (χ0) is 14.2. The van der Waals surface area contributed by atoms with Crippen molar-refractivity contribution >= 4 is 21.6 Å². The van der Waals surface area contributed by atoms with Gasteiger partial charge in [0.15, 0.2) is 0 Å². The maximum absolute atomic E-state index is 12.1. The van der Waals surface area contributed by atoms with Gasteiger partial charge in [0.25, 0.3) is 0 Å². The Hall–Kier alpha value is -0.690. The number of hydrogen-bond acceptors (Lipinski definition) is 4. The molecular formula is C11H17ClN2O3S. The van der Waals surface area contributed by atoms with E-state index in [9.17, 15) is 13.5 Å². The summed E-state index contributed by atoms with van der Waals surface area (Å²) in [4.78, 5) is 3.74. The molecular weight excluding hydrogens is 276 g/mol. The molecule has 0 atom stereocenters. The number of nitrogens with zero attached hydrogens (tertiary/aromatic N) is 1. The van der Waals surface area contributed by atoms with Crippen molar-refractivity contribution < 1.29 is 13.5 Å². The van der Waals surface area contributed by atoms with Crippen LogP contribution >= 0.6 is 11.6 Å². The molecule has 1 aromatic rings. The normalized spacial score (nSPS) is 13.7. The molecule has 0 radical (unpaired) electrons. The minimum Gasteiger partial charge on any atom is -0.389 e. The SMILES string of the molecule is CC(C)(O)C(C)(C)NS(=O)(=O)c1ccnc(Cl)c1. The van der Waals surface area contributed by atoms with Gasteiger partial charge in [0.2, 0.25) is 10.0 Å². The Morgan fingerprint density at radius 1 is 1.33 bits per heavy atom. The van der Waals surface area contributed by atoms with E-state index < -0.39 is 21.2 Å². The summed E-state index contributed by atoms with van der Waals surface area (Å²) in [5, 5.41) is 10.0. The average molecular weight is 293 g/mol. The van der Waals surface area contributed by atoms with Crippen LogP contribution in [0.5, 0.6) is 0 Å². The van der Waals surface area contributed by atoms with E-state index in [0.29, 0.717) is 0 Å². The summed E-state index contributed by atoms with van der Waals surface area (Å²) in [6.45, 7) is 6.28. The third kappa shape index (κ3) is 3.41.